The first-order valence-corrected chi connectivity index (χ1v) is 11.1. The lowest BCUT2D eigenvalue weighted by atomic mass is 10.0. The monoisotopic (exact) mass is 490 g/mol. The summed E-state index contributed by atoms with van der Waals surface area (Å²) in [5, 5.41) is 8.42. The van der Waals surface area contributed by atoms with E-state index in [1.165, 1.54) is 31.2 Å². The van der Waals surface area contributed by atoms with E-state index >= 15 is 0 Å². The molecule has 0 saturated carbocycles. The lowest BCUT2D eigenvalue weighted by Crippen LogP contribution is -2.62. The highest BCUT2D eigenvalue weighted by Crippen LogP contribution is 2.47. The van der Waals surface area contributed by atoms with Crippen LogP contribution in [0.15, 0.2) is 30.6 Å². The van der Waals surface area contributed by atoms with Gasteiger partial charge in [0.15, 0.2) is 11.6 Å². The Kier molecular flexibility index (Phi) is 6.28. The molecule has 2 atom stereocenters. The van der Waals surface area contributed by atoms with Crippen molar-refractivity contribution in [3.63, 3.8) is 0 Å². The number of halogens is 3. The number of hydrogen-bond donors (Lipinski definition) is 0. The molecule has 3 amide bonds. The molecule has 1 saturated heterocycles. The molecule has 2 aliphatic heterocycles. The van der Waals surface area contributed by atoms with E-state index in [4.69, 9.17) is 21.6 Å². The van der Waals surface area contributed by atoms with E-state index in [9.17, 15) is 18.4 Å². The summed E-state index contributed by atoms with van der Waals surface area (Å²) < 4.78 is 33.2. The number of thioether (sulfide) groups is 1. The predicted octanol–water partition coefficient (Wildman–Crippen LogP) is 4.54. The third kappa shape index (κ3) is 3.92. The number of carbonyl (C=O) groups is 2. The number of ether oxygens (including phenoxy) is 1. The van der Waals surface area contributed by atoms with Crippen molar-refractivity contribution >= 4 is 45.9 Å². The maximum absolute atomic E-state index is 14.1. The van der Waals surface area contributed by atoms with Crippen molar-refractivity contribution in [1.82, 2.24) is 9.88 Å². The number of carbonyl (C=O) groups excluding carboxylic acids is 2. The summed E-state index contributed by atoms with van der Waals surface area (Å²) in [7, 11) is 1.32. The largest absolute Gasteiger partial charge is 0.494 e. The van der Waals surface area contributed by atoms with Crippen LogP contribution in [0.3, 0.4) is 0 Å². The fourth-order valence-electron chi connectivity index (χ4n) is 3.79. The average Bonchev–Trinajstić information content (AvgIpc) is 3.22. The van der Waals surface area contributed by atoms with E-state index in [0.717, 1.165) is 28.9 Å². The van der Waals surface area contributed by atoms with Crippen LogP contribution in [0.2, 0.25) is 5.02 Å². The van der Waals surface area contributed by atoms with Crippen LogP contribution in [0.5, 0.6) is 5.75 Å². The molecule has 33 heavy (non-hydrogen) atoms. The van der Waals surface area contributed by atoms with Crippen LogP contribution >= 0.6 is 23.4 Å². The number of rotatable bonds is 5. The van der Waals surface area contributed by atoms with E-state index in [-0.39, 0.29) is 35.0 Å². The van der Waals surface area contributed by atoms with E-state index in [1.54, 1.807) is 6.08 Å². The molecule has 0 N–H and O–H groups in total. The minimum atomic E-state index is -0.772. The Balaban J connectivity index is 1.78. The highest BCUT2D eigenvalue weighted by atomic mass is 35.5. The van der Waals surface area contributed by atoms with E-state index in [2.05, 4.69) is 4.98 Å². The number of nitriles is 1. The summed E-state index contributed by atoms with van der Waals surface area (Å²) in [6, 6.07) is 3.21. The number of benzene rings is 1. The Morgan fingerprint density at radius 3 is 2.73 bits per heavy atom. The first-order valence-electron chi connectivity index (χ1n) is 9.82. The van der Waals surface area contributed by atoms with Gasteiger partial charge in [0.2, 0.25) is 0 Å². The van der Waals surface area contributed by atoms with Crippen LogP contribution in [0, 0.1) is 29.9 Å². The highest BCUT2D eigenvalue weighted by molar-refractivity contribution is 8.09. The Hall–Kier alpha value is -3.16. The van der Waals surface area contributed by atoms with Crippen molar-refractivity contribution in [2.24, 2.45) is 0 Å². The zero-order valence-electron chi connectivity index (χ0n) is 17.5. The molecule has 3 heterocycles. The number of amides is 3. The average molecular weight is 491 g/mol. The van der Waals surface area contributed by atoms with Gasteiger partial charge in [-0.1, -0.05) is 11.6 Å². The standard InChI is InChI=1S/C22H17ClF2N4O3S/c1-11-15(25)9-27-10-17(11)29-21(30)20-16(28(22(29)31)5-3-4-26)8-19(33-20)12-6-18(32-2)14(24)7-13(12)23/h6-10,16,20H,3,5H2,1-2H3. The fourth-order valence-corrected chi connectivity index (χ4v) is 5.46. The number of urea groups is 1. The van der Waals surface area contributed by atoms with Crippen LogP contribution in [0.25, 0.3) is 4.91 Å². The molecule has 0 radical (unpaired) electrons. The van der Waals surface area contributed by atoms with Gasteiger partial charge in [0, 0.05) is 22.6 Å². The quantitative estimate of drug-likeness (QED) is 0.611. The third-order valence-electron chi connectivity index (χ3n) is 5.49. The number of methoxy groups -OCH3 is 1. The number of pyridine rings is 1. The molecule has 7 nitrogen and oxygen atoms in total. The van der Waals surface area contributed by atoms with Gasteiger partial charge < -0.3 is 9.64 Å². The molecule has 2 aromatic rings. The zero-order chi connectivity index (χ0) is 23.9. The Bertz CT molecular complexity index is 1230. The van der Waals surface area contributed by atoms with Gasteiger partial charge in [-0.2, -0.15) is 5.26 Å². The Morgan fingerprint density at radius 2 is 2.03 bits per heavy atom. The highest BCUT2D eigenvalue weighted by Gasteiger charge is 2.50. The number of nitrogens with zero attached hydrogens (tertiary/aromatic N) is 4. The molecule has 0 spiro atoms. The van der Waals surface area contributed by atoms with Gasteiger partial charge in [-0.3, -0.25) is 9.78 Å². The van der Waals surface area contributed by atoms with Gasteiger partial charge in [-0.25, -0.2) is 18.5 Å². The Labute approximate surface area is 197 Å². The van der Waals surface area contributed by atoms with Crippen LogP contribution in [-0.2, 0) is 4.79 Å². The van der Waals surface area contributed by atoms with Crippen LogP contribution in [0.1, 0.15) is 17.5 Å². The molecule has 0 bridgehead atoms. The summed E-state index contributed by atoms with van der Waals surface area (Å²) in [6.07, 6.45) is 4.00. The molecule has 1 aromatic carbocycles. The lowest BCUT2D eigenvalue weighted by Gasteiger charge is -2.41. The normalized spacial score (nSPS) is 19.9. The topological polar surface area (TPSA) is 86.5 Å². The molecule has 11 heteroatoms. The van der Waals surface area contributed by atoms with Gasteiger partial charge in [-0.15, -0.1) is 11.8 Å². The smallest absolute Gasteiger partial charge is 0.332 e. The molecular weight excluding hydrogens is 474 g/mol. The van der Waals surface area contributed by atoms with Crippen molar-refractivity contribution in [3.8, 4) is 11.8 Å². The number of imide groups is 1. The second-order valence-corrected chi connectivity index (χ2v) is 8.94. The van der Waals surface area contributed by atoms with Gasteiger partial charge >= 0.3 is 6.03 Å². The maximum atomic E-state index is 14.1. The van der Waals surface area contributed by atoms with E-state index in [1.807, 2.05) is 6.07 Å². The molecule has 1 aromatic heterocycles. The van der Waals surface area contributed by atoms with Gasteiger partial charge in [0.1, 0.15) is 11.1 Å². The maximum Gasteiger partial charge on any atom is 0.332 e. The second-order valence-electron chi connectivity index (χ2n) is 7.35. The Morgan fingerprint density at radius 1 is 1.27 bits per heavy atom. The molecule has 0 aliphatic carbocycles. The molecular formula is C22H17ClF2N4O3S. The third-order valence-corrected chi connectivity index (χ3v) is 7.14. The number of fused-ring (bicyclic) bond motifs is 1. The van der Waals surface area contributed by atoms with E-state index in [0.29, 0.717) is 10.5 Å². The summed E-state index contributed by atoms with van der Waals surface area (Å²) in [4.78, 5) is 33.4. The van der Waals surface area contributed by atoms with E-state index < -0.39 is 34.9 Å². The van der Waals surface area contributed by atoms with Crippen LogP contribution < -0.4 is 9.64 Å². The van der Waals surface area contributed by atoms with Crippen molar-refractivity contribution in [2.45, 2.75) is 24.6 Å². The lowest BCUT2D eigenvalue weighted by molar-refractivity contribution is -0.119. The summed E-state index contributed by atoms with van der Waals surface area (Å²) in [5.41, 5.74) is 0.596. The first-order chi connectivity index (χ1) is 15.8. The minimum absolute atomic E-state index is 0.0161. The van der Waals surface area contributed by atoms with Gasteiger partial charge in [-0.05, 0) is 25.1 Å². The molecule has 1 fully saturated rings. The fraction of sp³-hybridized carbons (Fsp3) is 0.273. The predicted molar refractivity (Wildman–Crippen MR) is 120 cm³/mol. The van der Waals surface area contributed by atoms with Gasteiger partial charge in [0.25, 0.3) is 5.91 Å². The SMILES string of the molecule is COc1cc(C2=CC3C(S2)C(=O)N(c2cncc(F)c2C)C(=O)N3CCC#N)c(Cl)cc1F. The second kappa shape index (κ2) is 9.00. The van der Waals surface area contributed by atoms with Gasteiger partial charge in [0.05, 0.1) is 48.7 Å². The van der Waals surface area contributed by atoms with Crippen LogP contribution in [-0.4, -0.2) is 46.8 Å². The first kappa shape index (κ1) is 23.0. The minimum Gasteiger partial charge on any atom is -0.494 e. The van der Waals surface area contributed by atoms with Crippen molar-refractivity contribution in [1.29, 1.82) is 5.26 Å². The molecule has 4 rings (SSSR count). The molecule has 170 valence electrons. The molecule has 2 aliphatic rings. The summed E-state index contributed by atoms with van der Waals surface area (Å²) in [6.45, 7) is 1.52. The number of anilines is 1. The number of aromatic nitrogens is 1. The van der Waals surface area contributed by atoms with Crippen LogP contribution in [0.4, 0.5) is 19.3 Å². The summed E-state index contributed by atoms with van der Waals surface area (Å²) >= 11 is 7.42. The summed E-state index contributed by atoms with van der Waals surface area (Å²) in [5.74, 6) is -1.84. The number of hydrogen-bond acceptors (Lipinski definition) is 6. The van der Waals surface area contributed by atoms with Crippen molar-refractivity contribution < 1.29 is 23.1 Å². The van der Waals surface area contributed by atoms with Crippen molar-refractivity contribution in [3.05, 3.63) is 58.4 Å². The molecule has 2 unspecified atom stereocenters. The zero-order valence-corrected chi connectivity index (χ0v) is 19.1. The van der Waals surface area contributed by atoms with Crippen molar-refractivity contribution in [2.75, 3.05) is 18.6 Å².